The fourth-order valence-corrected chi connectivity index (χ4v) is 0.419. The molecule has 0 aliphatic heterocycles. The molecule has 0 N–H and O–H groups in total. The molecule has 0 amide bonds. The van der Waals surface area contributed by atoms with Gasteiger partial charge >= 0.3 is 5.97 Å². The first-order valence-corrected chi connectivity index (χ1v) is 3.23. The number of carbonyl (C=O) groups is 1. The molecule has 0 rings (SSSR count). The maximum atomic E-state index is 12.1. The molecule has 0 fully saturated rings. The molecular formula is C8H11FO2. The summed E-state index contributed by atoms with van der Waals surface area (Å²) in [5.74, 6) is -0.443. The lowest BCUT2D eigenvalue weighted by Gasteiger charge is -1.87. The van der Waals surface area contributed by atoms with Crippen LogP contribution in [0.25, 0.3) is 0 Å². The Hall–Kier alpha value is -1.12. The number of carbonyl (C=O) groups excluding carboxylic acids is 1. The standard InChI is InChI=1S/C8H11FO2/c1-7(9)5-3-4-6-8(10)11-2/h3-7H,1-2H3/b5-3+,6-4+/t7-/m1/s1. The van der Waals surface area contributed by atoms with Gasteiger partial charge in [-0.3, -0.25) is 0 Å². The Bertz CT molecular complexity index is 171. The van der Waals surface area contributed by atoms with Crippen molar-refractivity contribution in [1.82, 2.24) is 0 Å². The van der Waals surface area contributed by atoms with Crippen LogP contribution < -0.4 is 0 Å². The van der Waals surface area contributed by atoms with Gasteiger partial charge in [-0.1, -0.05) is 18.2 Å². The largest absolute Gasteiger partial charge is 0.466 e. The maximum Gasteiger partial charge on any atom is 0.330 e. The highest BCUT2D eigenvalue weighted by molar-refractivity contribution is 5.82. The Labute approximate surface area is 65.4 Å². The minimum atomic E-state index is -0.989. The first-order chi connectivity index (χ1) is 5.16. The second-order valence-corrected chi connectivity index (χ2v) is 1.94. The second kappa shape index (κ2) is 5.65. The zero-order valence-corrected chi connectivity index (χ0v) is 6.58. The first-order valence-electron chi connectivity index (χ1n) is 3.23. The van der Waals surface area contributed by atoms with E-state index < -0.39 is 12.1 Å². The van der Waals surface area contributed by atoms with Crippen LogP contribution in [0.2, 0.25) is 0 Å². The molecule has 0 bridgehead atoms. The van der Waals surface area contributed by atoms with Crippen molar-refractivity contribution in [2.24, 2.45) is 0 Å². The molecule has 0 heterocycles. The number of methoxy groups -OCH3 is 1. The third-order valence-electron chi connectivity index (χ3n) is 0.921. The normalized spacial score (nSPS) is 14.1. The lowest BCUT2D eigenvalue weighted by atomic mass is 10.3. The molecule has 0 aliphatic carbocycles. The molecule has 0 radical (unpaired) electrons. The minimum absolute atomic E-state index is 0.443. The molecule has 3 heteroatoms. The molecule has 0 aliphatic rings. The predicted molar refractivity (Wildman–Crippen MR) is 40.9 cm³/mol. The summed E-state index contributed by atoms with van der Waals surface area (Å²) in [6.45, 7) is 1.41. The smallest absolute Gasteiger partial charge is 0.330 e. The SMILES string of the molecule is COC(=O)/C=C/C=C/[C@@H](C)F. The summed E-state index contributed by atoms with van der Waals surface area (Å²) in [5, 5.41) is 0. The van der Waals surface area contributed by atoms with E-state index in [9.17, 15) is 9.18 Å². The van der Waals surface area contributed by atoms with Gasteiger partial charge in [0.2, 0.25) is 0 Å². The molecule has 0 spiro atoms. The van der Waals surface area contributed by atoms with Gasteiger partial charge in [-0.2, -0.15) is 0 Å². The summed E-state index contributed by atoms with van der Waals surface area (Å²) in [5.41, 5.74) is 0. The van der Waals surface area contributed by atoms with E-state index in [0.717, 1.165) is 0 Å². The van der Waals surface area contributed by atoms with E-state index in [1.807, 2.05) is 0 Å². The zero-order valence-electron chi connectivity index (χ0n) is 6.58. The fourth-order valence-electron chi connectivity index (χ4n) is 0.419. The Morgan fingerprint density at radius 1 is 1.55 bits per heavy atom. The van der Waals surface area contributed by atoms with Crippen molar-refractivity contribution in [2.45, 2.75) is 13.1 Å². The number of esters is 1. The lowest BCUT2D eigenvalue weighted by Crippen LogP contribution is -1.92. The molecule has 0 aromatic carbocycles. The molecule has 2 nitrogen and oxygen atoms in total. The van der Waals surface area contributed by atoms with Gasteiger partial charge in [0.25, 0.3) is 0 Å². The average Bonchev–Trinajstić information content (AvgIpc) is 1.97. The van der Waals surface area contributed by atoms with Gasteiger partial charge in [-0.05, 0) is 6.92 Å². The number of hydrogen-bond donors (Lipinski definition) is 0. The third kappa shape index (κ3) is 6.77. The van der Waals surface area contributed by atoms with Crippen molar-refractivity contribution in [2.75, 3.05) is 7.11 Å². The van der Waals surface area contributed by atoms with E-state index in [1.165, 1.54) is 38.3 Å². The Morgan fingerprint density at radius 2 is 2.18 bits per heavy atom. The summed E-state index contributed by atoms with van der Waals surface area (Å²) in [6.07, 6.45) is 4.46. The van der Waals surface area contributed by atoms with Crippen molar-refractivity contribution in [3.8, 4) is 0 Å². The number of allylic oxidation sites excluding steroid dienone is 3. The molecule has 11 heavy (non-hydrogen) atoms. The van der Waals surface area contributed by atoms with E-state index in [2.05, 4.69) is 4.74 Å². The van der Waals surface area contributed by atoms with Crippen LogP contribution in [0.15, 0.2) is 24.3 Å². The van der Waals surface area contributed by atoms with Crippen molar-refractivity contribution >= 4 is 5.97 Å². The zero-order chi connectivity index (χ0) is 8.69. The average molecular weight is 158 g/mol. The van der Waals surface area contributed by atoms with Gasteiger partial charge in [-0.25, -0.2) is 9.18 Å². The van der Waals surface area contributed by atoms with Crippen LogP contribution in [0.4, 0.5) is 4.39 Å². The van der Waals surface area contributed by atoms with Crippen LogP contribution in [0, 0.1) is 0 Å². The van der Waals surface area contributed by atoms with Gasteiger partial charge in [0.15, 0.2) is 0 Å². The highest BCUT2D eigenvalue weighted by atomic mass is 19.1. The summed E-state index contributed by atoms with van der Waals surface area (Å²) < 4.78 is 16.4. The molecule has 0 saturated heterocycles. The molecule has 0 aromatic heterocycles. The highest BCUT2D eigenvalue weighted by Gasteiger charge is 1.88. The molecule has 0 unspecified atom stereocenters. The molecular weight excluding hydrogens is 147 g/mol. The monoisotopic (exact) mass is 158 g/mol. The van der Waals surface area contributed by atoms with Crippen LogP contribution in [0.3, 0.4) is 0 Å². The third-order valence-corrected chi connectivity index (χ3v) is 0.921. The van der Waals surface area contributed by atoms with E-state index >= 15 is 0 Å². The summed E-state index contributed by atoms with van der Waals surface area (Å²) in [7, 11) is 1.29. The summed E-state index contributed by atoms with van der Waals surface area (Å²) >= 11 is 0. The Kier molecular flexibility index (Phi) is 5.07. The van der Waals surface area contributed by atoms with Crippen LogP contribution in [0.1, 0.15) is 6.92 Å². The van der Waals surface area contributed by atoms with Crippen LogP contribution >= 0.6 is 0 Å². The highest BCUT2D eigenvalue weighted by Crippen LogP contribution is 1.90. The van der Waals surface area contributed by atoms with Crippen molar-refractivity contribution in [3.05, 3.63) is 24.3 Å². The molecule has 62 valence electrons. The number of ether oxygens (including phenoxy) is 1. The van der Waals surface area contributed by atoms with Crippen molar-refractivity contribution in [3.63, 3.8) is 0 Å². The van der Waals surface area contributed by atoms with E-state index in [1.54, 1.807) is 0 Å². The molecule has 0 aromatic rings. The summed E-state index contributed by atoms with van der Waals surface area (Å²) in [6, 6.07) is 0. The van der Waals surface area contributed by atoms with Crippen LogP contribution in [-0.2, 0) is 9.53 Å². The molecule has 1 atom stereocenters. The van der Waals surface area contributed by atoms with E-state index in [0.29, 0.717) is 0 Å². The topological polar surface area (TPSA) is 26.3 Å². The number of hydrogen-bond acceptors (Lipinski definition) is 2. The van der Waals surface area contributed by atoms with E-state index in [-0.39, 0.29) is 0 Å². The number of halogens is 1. The van der Waals surface area contributed by atoms with Crippen LogP contribution in [0.5, 0.6) is 0 Å². The minimum Gasteiger partial charge on any atom is -0.466 e. The van der Waals surface area contributed by atoms with Gasteiger partial charge in [0.1, 0.15) is 6.17 Å². The van der Waals surface area contributed by atoms with Crippen molar-refractivity contribution in [1.29, 1.82) is 0 Å². The quantitative estimate of drug-likeness (QED) is 0.354. The second-order valence-electron chi connectivity index (χ2n) is 1.94. The first kappa shape index (κ1) is 9.88. The van der Waals surface area contributed by atoms with Crippen LogP contribution in [-0.4, -0.2) is 19.3 Å². The Morgan fingerprint density at radius 3 is 2.64 bits per heavy atom. The van der Waals surface area contributed by atoms with Crippen molar-refractivity contribution < 1.29 is 13.9 Å². The van der Waals surface area contributed by atoms with E-state index in [4.69, 9.17) is 0 Å². The van der Waals surface area contributed by atoms with Gasteiger partial charge in [0, 0.05) is 6.08 Å². The summed E-state index contributed by atoms with van der Waals surface area (Å²) in [4.78, 5) is 10.4. The number of rotatable bonds is 3. The maximum absolute atomic E-state index is 12.1. The molecule has 0 saturated carbocycles. The van der Waals surface area contributed by atoms with Gasteiger partial charge in [-0.15, -0.1) is 0 Å². The predicted octanol–water partition coefficient (Wildman–Crippen LogP) is 1.63. The fraction of sp³-hybridized carbons (Fsp3) is 0.375. The Balaban J connectivity index is 3.68. The van der Waals surface area contributed by atoms with Gasteiger partial charge < -0.3 is 4.74 Å². The number of alkyl halides is 1. The van der Waals surface area contributed by atoms with Gasteiger partial charge in [0.05, 0.1) is 7.11 Å². The lowest BCUT2D eigenvalue weighted by molar-refractivity contribution is -0.134.